The van der Waals surface area contributed by atoms with E-state index in [9.17, 15) is 15.8 Å². The summed E-state index contributed by atoms with van der Waals surface area (Å²) in [7, 11) is 0. The van der Waals surface area contributed by atoms with Crippen LogP contribution in [0.5, 0.6) is 0 Å². The van der Waals surface area contributed by atoms with Crippen molar-refractivity contribution in [3.63, 3.8) is 0 Å². The van der Waals surface area contributed by atoms with Crippen LogP contribution in [0.25, 0.3) is 0 Å². The second-order valence-corrected chi connectivity index (χ2v) is 6.02. The molecule has 0 spiro atoms. The highest BCUT2D eigenvalue weighted by Crippen LogP contribution is 2.53. The van der Waals surface area contributed by atoms with Crippen molar-refractivity contribution in [3.05, 3.63) is 11.6 Å². The molecule has 1 fully saturated rings. The molecule has 20 heavy (non-hydrogen) atoms. The van der Waals surface area contributed by atoms with Gasteiger partial charge in [-0.15, -0.1) is 0 Å². The highest BCUT2D eigenvalue weighted by Gasteiger charge is 2.57. The molecule has 2 aliphatic rings. The summed E-state index contributed by atoms with van der Waals surface area (Å²) in [6, 6.07) is 6.30. The van der Waals surface area contributed by atoms with Crippen LogP contribution in [0.1, 0.15) is 33.1 Å². The van der Waals surface area contributed by atoms with Gasteiger partial charge in [-0.2, -0.15) is 15.8 Å². The highest BCUT2D eigenvalue weighted by atomic mass is 14.7. The van der Waals surface area contributed by atoms with Gasteiger partial charge in [0.2, 0.25) is 0 Å². The fourth-order valence-corrected chi connectivity index (χ4v) is 3.92. The Hall–Kier alpha value is -2.12. The van der Waals surface area contributed by atoms with Crippen LogP contribution in [-0.4, -0.2) is 5.71 Å². The lowest BCUT2D eigenvalue weighted by atomic mass is 9.52. The van der Waals surface area contributed by atoms with Gasteiger partial charge < -0.3 is 5.41 Å². The quantitative estimate of drug-likeness (QED) is 0.738. The molecule has 0 amide bonds. The van der Waals surface area contributed by atoms with E-state index in [0.717, 1.165) is 24.8 Å². The summed E-state index contributed by atoms with van der Waals surface area (Å²) in [5.74, 6) is -0.682. The van der Waals surface area contributed by atoms with E-state index in [1.54, 1.807) is 0 Å². The summed E-state index contributed by atoms with van der Waals surface area (Å²) in [5.41, 5.74) is -0.495. The van der Waals surface area contributed by atoms with E-state index in [1.807, 2.05) is 13.8 Å². The number of nitrogens with zero attached hydrogens (tertiary/aromatic N) is 3. The lowest BCUT2D eigenvalue weighted by molar-refractivity contribution is 0.179. The van der Waals surface area contributed by atoms with Crippen molar-refractivity contribution >= 4 is 5.71 Å². The number of fused-ring (bicyclic) bond motifs is 1. The van der Waals surface area contributed by atoms with Gasteiger partial charge in [-0.05, 0) is 36.7 Å². The molecule has 1 N–H and O–H groups in total. The number of rotatable bonds is 1. The summed E-state index contributed by atoms with van der Waals surface area (Å²) in [5, 5.41) is 36.9. The molecule has 0 aromatic rings. The first kappa shape index (κ1) is 14.3. The van der Waals surface area contributed by atoms with Crippen LogP contribution in [-0.2, 0) is 0 Å². The Morgan fingerprint density at radius 2 is 1.95 bits per heavy atom. The fourth-order valence-electron chi connectivity index (χ4n) is 3.92. The molecule has 2 rings (SSSR count). The first-order valence-corrected chi connectivity index (χ1v) is 7.04. The second kappa shape index (κ2) is 5.10. The molecular formula is C16H18N4. The van der Waals surface area contributed by atoms with Gasteiger partial charge in [0.1, 0.15) is 5.92 Å². The average molecular weight is 266 g/mol. The third-order valence-electron chi connectivity index (χ3n) is 4.71. The molecule has 102 valence electrons. The SMILES string of the molecule is CC(C)[C@@H]1[C@@H]2CCCC=C2[C@@H](C#N)C(=N)C1(C#N)C#N. The predicted molar refractivity (Wildman–Crippen MR) is 74.2 cm³/mol. The predicted octanol–water partition coefficient (Wildman–Crippen LogP) is 3.19. The summed E-state index contributed by atoms with van der Waals surface area (Å²) in [4.78, 5) is 0. The topological polar surface area (TPSA) is 95.2 Å². The maximum atomic E-state index is 9.59. The molecule has 0 heterocycles. The van der Waals surface area contributed by atoms with E-state index in [1.165, 1.54) is 0 Å². The van der Waals surface area contributed by atoms with Gasteiger partial charge in [0.25, 0.3) is 0 Å². The molecule has 0 radical (unpaired) electrons. The average Bonchev–Trinajstić information content (AvgIpc) is 2.46. The molecule has 4 heteroatoms. The fraction of sp³-hybridized carbons (Fsp3) is 0.625. The van der Waals surface area contributed by atoms with Crippen molar-refractivity contribution in [2.75, 3.05) is 0 Å². The number of nitriles is 3. The first-order chi connectivity index (χ1) is 9.53. The van der Waals surface area contributed by atoms with E-state index >= 15 is 0 Å². The minimum absolute atomic E-state index is 0.0203. The Morgan fingerprint density at radius 3 is 2.45 bits per heavy atom. The summed E-state index contributed by atoms with van der Waals surface area (Å²) >= 11 is 0. The monoisotopic (exact) mass is 266 g/mol. The third-order valence-corrected chi connectivity index (χ3v) is 4.71. The first-order valence-electron chi connectivity index (χ1n) is 7.04. The Labute approximate surface area is 119 Å². The molecule has 0 unspecified atom stereocenters. The van der Waals surface area contributed by atoms with Crippen LogP contribution < -0.4 is 0 Å². The van der Waals surface area contributed by atoms with Gasteiger partial charge >= 0.3 is 0 Å². The normalized spacial score (nSPS) is 31.5. The van der Waals surface area contributed by atoms with E-state index in [0.29, 0.717) is 0 Å². The van der Waals surface area contributed by atoms with Crippen molar-refractivity contribution in [2.45, 2.75) is 33.1 Å². The van der Waals surface area contributed by atoms with Crippen molar-refractivity contribution < 1.29 is 0 Å². The third kappa shape index (κ3) is 1.75. The van der Waals surface area contributed by atoms with Crippen LogP contribution in [0.15, 0.2) is 11.6 Å². The number of hydrogen-bond donors (Lipinski definition) is 1. The van der Waals surface area contributed by atoms with Crippen LogP contribution >= 0.6 is 0 Å². The van der Waals surface area contributed by atoms with E-state index in [4.69, 9.17) is 5.41 Å². The maximum Gasteiger partial charge on any atom is 0.186 e. The molecule has 3 atom stereocenters. The van der Waals surface area contributed by atoms with Crippen molar-refractivity contribution in [3.8, 4) is 18.2 Å². The molecule has 1 saturated carbocycles. The second-order valence-electron chi connectivity index (χ2n) is 6.02. The van der Waals surface area contributed by atoms with Gasteiger partial charge in [0, 0.05) is 5.92 Å². The van der Waals surface area contributed by atoms with Crippen LogP contribution in [0.4, 0.5) is 0 Å². The lowest BCUT2D eigenvalue weighted by Crippen LogP contribution is -2.51. The zero-order valence-corrected chi connectivity index (χ0v) is 11.8. The molecule has 0 saturated heterocycles. The van der Waals surface area contributed by atoms with E-state index < -0.39 is 11.3 Å². The van der Waals surface area contributed by atoms with Crippen LogP contribution in [0.3, 0.4) is 0 Å². The number of allylic oxidation sites excluding steroid dienone is 2. The molecule has 0 bridgehead atoms. The Balaban J connectivity index is 2.66. The molecule has 0 aliphatic heterocycles. The number of hydrogen-bond acceptors (Lipinski definition) is 4. The van der Waals surface area contributed by atoms with Crippen molar-refractivity contribution in [1.29, 1.82) is 21.2 Å². The molecule has 0 aromatic heterocycles. The molecule has 0 aromatic carbocycles. The Morgan fingerprint density at radius 1 is 1.30 bits per heavy atom. The summed E-state index contributed by atoms with van der Waals surface area (Å²) in [6.45, 7) is 4.00. The van der Waals surface area contributed by atoms with Gasteiger partial charge in [-0.3, -0.25) is 0 Å². The molecule has 2 aliphatic carbocycles. The highest BCUT2D eigenvalue weighted by molar-refractivity contribution is 6.00. The summed E-state index contributed by atoms with van der Waals surface area (Å²) < 4.78 is 0. The molecule has 4 nitrogen and oxygen atoms in total. The summed E-state index contributed by atoms with van der Waals surface area (Å²) in [6.07, 6.45) is 4.92. The zero-order valence-electron chi connectivity index (χ0n) is 11.8. The standard InChI is InChI=1S/C16H18N4/c1-10(2)14-12-6-4-3-5-11(12)13(7-17)15(20)16(14,8-18)9-19/h5,10,12-14,20H,3-4,6H2,1-2H3/t12-,13-,14-/m1/s1. The largest absolute Gasteiger partial charge is 0.305 e. The van der Waals surface area contributed by atoms with Gasteiger partial charge in [0.05, 0.1) is 23.9 Å². The van der Waals surface area contributed by atoms with Crippen molar-refractivity contribution in [2.24, 2.45) is 29.1 Å². The molecular weight excluding hydrogens is 248 g/mol. The van der Waals surface area contributed by atoms with Gasteiger partial charge in [-0.25, -0.2) is 0 Å². The minimum Gasteiger partial charge on any atom is -0.305 e. The zero-order chi connectivity index (χ0) is 14.9. The van der Waals surface area contributed by atoms with Crippen molar-refractivity contribution in [1.82, 2.24) is 0 Å². The number of nitrogens with one attached hydrogen (secondary N) is 1. The lowest BCUT2D eigenvalue weighted by Gasteiger charge is -2.47. The maximum absolute atomic E-state index is 9.59. The van der Waals surface area contributed by atoms with E-state index in [-0.39, 0.29) is 23.5 Å². The Bertz CT molecular complexity index is 565. The smallest absolute Gasteiger partial charge is 0.186 e. The minimum atomic E-state index is -1.45. The van der Waals surface area contributed by atoms with Crippen LogP contribution in [0.2, 0.25) is 0 Å². The van der Waals surface area contributed by atoms with Crippen LogP contribution in [0, 0.1) is 68.5 Å². The Kier molecular flexibility index (Phi) is 3.65. The van der Waals surface area contributed by atoms with Gasteiger partial charge in [0.15, 0.2) is 5.41 Å². The van der Waals surface area contributed by atoms with E-state index in [2.05, 4.69) is 24.3 Å². The van der Waals surface area contributed by atoms with Gasteiger partial charge in [-0.1, -0.05) is 19.9 Å².